The summed E-state index contributed by atoms with van der Waals surface area (Å²) in [6, 6.07) is 0. The van der Waals surface area contributed by atoms with Gasteiger partial charge in [0.2, 0.25) is 0 Å². The maximum atomic E-state index is 14.1. The molecule has 234 valence electrons. The van der Waals surface area contributed by atoms with Crippen molar-refractivity contribution in [1.29, 1.82) is 0 Å². The molecule has 11 heteroatoms. The van der Waals surface area contributed by atoms with Crippen LogP contribution in [0.2, 0.25) is 39.3 Å². The minimum atomic E-state index is -5.66. The van der Waals surface area contributed by atoms with Crippen LogP contribution in [0, 0.1) is 23.2 Å². The minimum Gasteiger partial charge on any atom is -0.413 e. The van der Waals surface area contributed by atoms with Crippen LogP contribution in [0.4, 0.5) is 26.3 Å². The smallest absolute Gasteiger partial charge is 0.413 e. The number of fused-ring (bicyclic) bond motifs is 1. The number of hydrogen-bond acceptors (Lipinski definition) is 3. The molecule has 2 rings (SSSR count). The van der Waals surface area contributed by atoms with Crippen LogP contribution in [0.15, 0.2) is 12.2 Å². The SMILES string of the molecule is CC(C)(CCC[C@](C)(C/C=C\C(O[Si](C)(C)C)(C(F)(F)F)C(F)(F)F)C1CCC2C(=O)CCCC21)O[Si](C)(C)C. The molecule has 3 nitrogen and oxygen atoms in total. The minimum absolute atomic E-state index is 0.0478. The van der Waals surface area contributed by atoms with E-state index in [1.807, 2.05) is 20.8 Å². The lowest BCUT2D eigenvalue weighted by Gasteiger charge is -2.42. The van der Waals surface area contributed by atoms with Crippen molar-refractivity contribution in [2.24, 2.45) is 23.2 Å². The largest absolute Gasteiger partial charge is 0.429 e. The molecule has 0 amide bonds. The second kappa shape index (κ2) is 12.1. The van der Waals surface area contributed by atoms with E-state index in [1.165, 1.54) is 19.6 Å². The first-order valence-electron chi connectivity index (χ1n) is 14.6. The summed E-state index contributed by atoms with van der Waals surface area (Å²) in [5.41, 5.74) is -5.30. The zero-order valence-corrected chi connectivity index (χ0v) is 27.7. The normalized spacial score (nSPS) is 25.4. The molecule has 2 aliphatic rings. The van der Waals surface area contributed by atoms with Crippen molar-refractivity contribution in [2.45, 2.75) is 141 Å². The van der Waals surface area contributed by atoms with Crippen LogP contribution in [0.5, 0.6) is 0 Å². The molecule has 0 aromatic heterocycles. The van der Waals surface area contributed by atoms with E-state index < -0.39 is 40.0 Å². The molecule has 0 aliphatic heterocycles. The van der Waals surface area contributed by atoms with E-state index in [9.17, 15) is 31.1 Å². The van der Waals surface area contributed by atoms with Crippen molar-refractivity contribution >= 4 is 22.4 Å². The van der Waals surface area contributed by atoms with Crippen LogP contribution < -0.4 is 0 Å². The highest BCUT2D eigenvalue weighted by atomic mass is 28.4. The van der Waals surface area contributed by atoms with Gasteiger partial charge in [-0.25, -0.2) is 0 Å². The molecule has 40 heavy (non-hydrogen) atoms. The van der Waals surface area contributed by atoms with Crippen molar-refractivity contribution in [2.75, 3.05) is 0 Å². The Labute approximate surface area is 239 Å². The standard InChI is InChI=1S/C29H50F6O3Si2/c1-25(2,37-39(4,5)6)17-11-18-26(3,23-16-15-22-21(23)13-10-14-24(22)36)19-12-20-27(28(30,31)32,29(33,34)35)38-40(7,8)9/h12,20-23H,10-11,13-19H2,1-9H3/b20-12-/t21?,22?,23?,26-/m1/s1. The summed E-state index contributed by atoms with van der Waals surface area (Å²) in [7, 11) is -5.08. The van der Waals surface area contributed by atoms with Crippen LogP contribution in [-0.4, -0.2) is 46.0 Å². The third-order valence-corrected chi connectivity index (χ3v) is 10.5. The third kappa shape index (κ3) is 8.92. The van der Waals surface area contributed by atoms with Crippen LogP contribution >= 0.6 is 0 Å². The first-order valence-corrected chi connectivity index (χ1v) is 21.4. The van der Waals surface area contributed by atoms with Gasteiger partial charge in [-0.2, -0.15) is 26.3 Å². The summed E-state index contributed by atoms with van der Waals surface area (Å²) in [5, 5.41) is 0. The number of hydrogen-bond donors (Lipinski definition) is 0. The van der Waals surface area contributed by atoms with Crippen LogP contribution in [-0.2, 0) is 13.6 Å². The van der Waals surface area contributed by atoms with Crippen molar-refractivity contribution in [3.63, 3.8) is 0 Å². The Morgan fingerprint density at radius 2 is 1.38 bits per heavy atom. The molecule has 0 saturated heterocycles. The van der Waals surface area contributed by atoms with Gasteiger partial charge >= 0.3 is 12.4 Å². The summed E-state index contributed by atoms with van der Waals surface area (Å²) >= 11 is 0. The molecular weight excluding hydrogens is 566 g/mol. The highest BCUT2D eigenvalue weighted by Gasteiger charge is 2.71. The lowest BCUT2D eigenvalue weighted by atomic mass is 9.63. The Balaban J connectivity index is 2.41. The molecule has 2 saturated carbocycles. The fraction of sp³-hybridized carbons (Fsp3) is 0.897. The van der Waals surface area contributed by atoms with Crippen molar-refractivity contribution in [3.8, 4) is 0 Å². The van der Waals surface area contributed by atoms with E-state index in [4.69, 9.17) is 8.85 Å². The first-order chi connectivity index (χ1) is 17.8. The van der Waals surface area contributed by atoms with Gasteiger partial charge in [0.05, 0.1) is 5.60 Å². The number of rotatable bonds is 12. The predicted octanol–water partition coefficient (Wildman–Crippen LogP) is 9.85. The zero-order chi connectivity index (χ0) is 31.0. The predicted molar refractivity (Wildman–Crippen MR) is 152 cm³/mol. The van der Waals surface area contributed by atoms with E-state index in [1.54, 1.807) is 0 Å². The third-order valence-electron chi connectivity index (χ3n) is 8.45. The van der Waals surface area contributed by atoms with Crippen LogP contribution in [0.1, 0.15) is 78.6 Å². The van der Waals surface area contributed by atoms with Gasteiger partial charge in [-0.05, 0) is 121 Å². The fourth-order valence-electron chi connectivity index (χ4n) is 7.15. The molecule has 4 atom stereocenters. The maximum Gasteiger partial charge on any atom is 0.429 e. The van der Waals surface area contributed by atoms with E-state index in [-0.39, 0.29) is 41.6 Å². The molecule has 2 aliphatic carbocycles. The Morgan fingerprint density at radius 1 is 0.825 bits per heavy atom. The summed E-state index contributed by atoms with van der Waals surface area (Å²) < 4.78 is 96.0. The molecule has 0 heterocycles. The lowest BCUT2D eigenvalue weighted by Crippen LogP contribution is -2.61. The molecule has 0 radical (unpaired) electrons. The van der Waals surface area contributed by atoms with Gasteiger partial charge in [-0.1, -0.05) is 19.4 Å². The average molecular weight is 617 g/mol. The van der Waals surface area contributed by atoms with Gasteiger partial charge in [0.1, 0.15) is 5.78 Å². The number of allylic oxidation sites excluding steroid dienone is 1. The monoisotopic (exact) mass is 616 g/mol. The average Bonchev–Trinajstić information content (AvgIpc) is 3.15. The fourth-order valence-corrected chi connectivity index (χ4v) is 10.2. The van der Waals surface area contributed by atoms with Crippen LogP contribution in [0.3, 0.4) is 0 Å². The molecule has 0 N–H and O–H groups in total. The van der Waals surface area contributed by atoms with E-state index >= 15 is 0 Å². The highest BCUT2D eigenvalue weighted by molar-refractivity contribution is 6.70. The van der Waals surface area contributed by atoms with Crippen molar-refractivity contribution < 1.29 is 40.0 Å². The molecule has 0 spiro atoms. The summed E-state index contributed by atoms with van der Waals surface area (Å²) in [5.74, 6) is 0.377. The molecular formula is C29H50F6O3Si2. The van der Waals surface area contributed by atoms with Gasteiger partial charge in [0, 0.05) is 12.3 Å². The Hall–Kier alpha value is -0.656. The Bertz CT molecular complexity index is 887. The van der Waals surface area contributed by atoms with Gasteiger partial charge < -0.3 is 8.85 Å². The van der Waals surface area contributed by atoms with E-state index in [0.717, 1.165) is 44.6 Å². The second-order valence-corrected chi connectivity index (χ2v) is 23.7. The number of ketones is 1. The number of halogens is 6. The molecule has 3 unspecified atom stereocenters. The lowest BCUT2D eigenvalue weighted by molar-refractivity contribution is -0.340. The van der Waals surface area contributed by atoms with Gasteiger partial charge in [0.25, 0.3) is 5.60 Å². The van der Waals surface area contributed by atoms with Crippen molar-refractivity contribution in [1.82, 2.24) is 0 Å². The number of alkyl halides is 6. The first kappa shape index (κ1) is 35.5. The van der Waals surface area contributed by atoms with Crippen molar-refractivity contribution in [3.05, 3.63) is 12.2 Å². The Morgan fingerprint density at radius 3 is 1.88 bits per heavy atom. The van der Waals surface area contributed by atoms with Gasteiger partial charge in [-0.3, -0.25) is 4.79 Å². The molecule has 0 bridgehead atoms. The summed E-state index contributed by atoms with van der Waals surface area (Å²) in [6.07, 6.45) is -4.21. The summed E-state index contributed by atoms with van der Waals surface area (Å²) in [4.78, 5) is 12.6. The van der Waals surface area contributed by atoms with Gasteiger partial charge in [-0.15, -0.1) is 0 Å². The summed E-state index contributed by atoms with van der Waals surface area (Å²) in [6.45, 7) is 16.3. The molecule has 0 aromatic carbocycles. The topological polar surface area (TPSA) is 35.5 Å². The Kier molecular flexibility index (Phi) is 10.8. The number of carbonyl (C=O) groups excluding carboxylic acids is 1. The highest BCUT2D eigenvalue weighted by Crippen LogP contribution is 2.55. The van der Waals surface area contributed by atoms with Crippen LogP contribution in [0.25, 0.3) is 0 Å². The zero-order valence-electron chi connectivity index (χ0n) is 25.7. The molecule has 2 fully saturated rings. The van der Waals surface area contributed by atoms with Gasteiger partial charge in [0.15, 0.2) is 16.6 Å². The quantitative estimate of drug-likeness (QED) is 0.124. The molecule has 0 aromatic rings. The number of Topliss-reactive ketones (excluding diaryl/α,β-unsaturated/α-hetero) is 1. The maximum absolute atomic E-state index is 14.1. The van der Waals surface area contributed by atoms with E-state index in [2.05, 4.69) is 19.6 Å². The van der Waals surface area contributed by atoms with E-state index in [0.29, 0.717) is 12.8 Å². The second-order valence-electron chi connectivity index (χ2n) is 14.8. The number of carbonyl (C=O) groups is 1.